The SMILES string of the molecule is O=C(CCn1nc(C(F)(F)F)c(Cl)c1C1CC1)Nc1ncn(Cc2ccccc2Cl)n1. The Labute approximate surface area is 185 Å². The molecule has 0 unspecified atom stereocenters. The molecule has 0 aliphatic heterocycles. The number of carbonyl (C=O) groups excluding carboxylic acids is 1. The summed E-state index contributed by atoms with van der Waals surface area (Å²) in [5.41, 5.74) is 0.0657. The number of rotatable bonds is 7. The molecule has 0 spiro atoms. The first kappa shape index (κ1) is 21.6. The maximum atomic E-state index is 13.1. The van der Waals surface area contributed by atoms with Crippen LogP contribution in [-0.4, -0.2) is 30.5 Å². The highest BCUT2D eigenvalue weighted by atomic mass is 35.5. The van der Waals surface area contributed by atoms with E-state index in [4.69, 9.17) is 23.2 Å². The number of amides is 1. The molecule has 31 heavy (non-hydrogen) atoms. The largest absolute Gasteiger partial charge is 0.436 e. The lowest BCUT2D eigenvalue weighted by Crippen LogP contribution is -2.17. The van der Waals surface area contributed by atoms with Gasteiger partial charge in [0, 0.05) is 17.4 Å². The first-order chi connectivity index (χ1) is 14.7. The van der Waals surface area contributed by atoms with Crippen LogP contribution in [0.15, 0.2) is 30.6 Å². The number of nitrogens with one attached hydrogen (secondary N) is 1. The van der Waals surface area contributed by atoms with Gasteiger partial charge in [-0.2, -0.15) is 18.3 Å². The van der Waals surface area contributed by atoms with Crippen LogP contribution in [-0.2, 0) is 24.1 Å². The van der Waals surface area contributed by atoms with Crippen molar-refractivity contribution in [2.24, 2.45) is 0 Å². The van der Waals surface area contributed by atoms with Gasteiger partial charge in [0.1, 0.15) is 6.33 Å². The fourth-order valence-corrected chi connectivity index (χ4v) is 3.77. The number of halogens is 5. The van der Waals surface area contributed by atoms with E-state index < -0.39 is 17.8 Å². The third-order valence-corrected chi connectivity index (χ3v) is 5.53. The third-order valence-electron chi connectivity index (χ3n) is 4.79. The Hall–Kier alpha value is -2.59. The molecule has 2 aromatic heterocycles. The van der Waals surface area contributed by atoms with Crippen molar-refractivity contribution in [3.8, 4) is 0 Å². The number of alkyl halides is 3. The van der Waals surface area contributed by atoms with Crippen molar-refractivity contribution in [3.63, 3.8) is 0 Å². The minimum absolute atomic E-state index is 0.0339. The van der Waals surface area contributed by atoms with Crippen molar-refractivity contribution >= 4 is 35.1 Å². The summed E-state index contributed by atoms with van der Waals surface area (Å²) in [5, 5.41) is 10.5. The molecule has 2 heterocycles. The second kappa shape index (κ2) is 8.51. The molecule has 12 heteroatoms. The zero-order valence-corrected chi connectivity index (χ0v) is 17.5. The molecule has 1 fully saturated rings. The molecule has 164 valence electrons. The van der Waals surface area contributed by atoms with E-state index in [1.165, 1.54) is 15.7 Å². The summed E-state index contributed by atoms with van der Waals surface area (Å²) >= 11 is 12.1. The van der Waals surface area contributed by atoms with Gasteiger partial charge in [0.25, 0.3) is 0 Å². The van der Waals surface area contributed by atoms with Gasteiger partial charge in [-0.05, 0) is 24.5 Å². The van der Waals surface area contributed by atoms with Crippen LogP contribution in [0.4, 0.5) is 19.1 Å². The summed E-state index contributed by atoms with van der Waals surface area (Å²) in [5.74, 6) is -0.410. The summed E-state index contributed by atoms with van der Waals surface area (Å²) in [4.78, 5) is 16.3. The minimum Gasteiger partial charge on any atom is -0.293 e. The molecule has 0 bridgehead atoms. The van der Waals surface area contributed by atoms with Crippen molar-refractivity contribution in [2.75, 3.05) is 5.32 Å². The summed E-state index contributed by atoms with van der Waals surface area (Å²) in [7, 11) is 0. The monoisotopic (exact) mass is 472 g/mol. The molecular formula is C19H17Cl2F3N6O. The fourth-order valence-electron chi connectivity index (χ4n) is 3.18. The van der Waals surface area contributed by atoms with Crippen molar-refractivity contribution in [1.29, 1.82) is 0 Å². The molecule has 0 atom stereocenters. The molecular weight excluding hydrogens is 456 g/mol. The number of carbonyl (C=O) groups is 1. The summed E-state index contributed by atoms with van der Waals surface area (Å²) in [6.07, 6.45) is -1.79. The molecule has 4 rings (SSSR count). The van der Waals surface area contributed by atoms with Gasteiger partial charge in [-0.3, -0.25) is 14.8 Å². The van der Waals surface area contributed by atoms with Gasteiger partial charge < -0.3 is 0 Å². The zero-order chi connectivity index (χ0) is 22.2. The predicted molar refractivity (Wildman–Crippen MR) is 108 cm³/mol. The van der Waals surface area contributed by atoms with Gasteiger partial charge in [-0.15, -0.1) is 5.10 Å². The number of nitrogens with zero attached hydrogens (tertiary/aromatic N) is 5. The molecule has 0 saturated heterocycles. The van der Waals surface area contributed by atoms with Gasteiger partial charge in [0.15, 0.2) is 5.69 Å². The van der Waals surface area contributed by atoms with Crippen molar-refractivity contribution < 1.29 is 18.0 Å². The summed E-state index contributed by atoms with van der Waals surface area (Å²) in [6, 6.07) is 7.28. The Morgan fingerprint density at radius 2 is 1.94 bits per heavy atom. The molecule has 1 aliphatic rings. The lowest BCUT2D eigenvalue weighted by atomic mass is 10.2. The molecule has 1 N–H and O–H groups in total. The molecule has 7 nitrogen and oxygen atoms in total. The highest BCUT2D eigenvalue weighted by Crippen LogP contribution is 2.46. The van der Waals surface area contributed by atoms with Gasteiger partial charge >= 0.3 is 6.18 Å². The molecule has 3 aromatic rings. The maximum Gasteiger partial charge on any atom is 0.436 e. The highest BCUT2D eigenvalue weighted by molar-refractivity contribution is 6.32. The Morgan fingerprint density at radius 3 is 2.61 bits per heavy atom. The number of hydrogen-bond donors (Lipinski definition) is 1. The van der Waals surface area contributed by atoms with Gasteiger partial charge in [0.05, 0.1) is 23.8 Å². The fraction of sp³-hybridized carbons (Fsp3) is 0.368. The number of hydrogen-bond acceptors (Lipinski definition) is 4. The van der Waals surface area contributed by atoms with Crippen molar-refractivity contribution in [2.45, 2.75) is 44.4 Å². The van der Waals surface area contributed by atoms with Crippen molar-refractivity contribution in [3.05, 3.63) is 57.6 Å². The maximum absolute atomic E-state index is 13.1. The number of benzene rings is 1. The second-order valence-corrected chi connectivity index (χ2v) is 7.98. The van der Waals surface area contributed by atoms with E-state index in [1.54, 1.807) is 6.07 Å². The molecule has 1 aliphatic carbocycles. The van der Waals surface area contributed by atoms with Crippen LogP contribution in [0.3, 0.4) is 0 Å². The zero-order valence-electron chi connectivity index (χ0n) is 16.0. The molecule has 1 saturated carbocycles. The van der Waals surface area contributed by atoms with Crippen LogP contribution in [0.5, 0.6) is 0 Å². The lowest BCUT2D eigenvalue weighted by Gasteiger charge is -2.06. The molecule has 0 radical (unpaired) electrons. The highest BCUT2D eigenvalue weighted by Gasteiger charge is 2.42. The summed E-state index contributed by atoms with van der Waals surface area (Å²) in [6.45, 7) is 0.340. The Bertz CT molecular complexity index is 1110. The van der Waals surface area contributed by atoms with E-state index in [-0.39, 0.29) is 29.9 Å². The topological polar surface area (TPSA) is 77.6 Å². The second-order valence-electron chi connectivity index (χ2n) is 7.20. The number of aromatic nitrogens is 5. The number of aryl methyl sites for hydroxylation is 1. The first-order valence-corrected chi connectivity index (χ1v) is 10.2. The normalized spacial score (nSPS) is 14.1. The van der Waals surface area contributed by atoms with Crippen LogP contribution in [0.25, 0.3) is 0 Å². The van der Waals surface area contributed by atoms with Crippen LogP contribution < -0.4 is 5.32 Å². The first-order valence-electron chi connectivity index (χ1n) is 9.48. The molecule has 1 amide bonds. The van der Waals surface area contributed by atoms with Crippen LogP contribution in [0.1, 0.15) is 42.1 Å². The smallest absolute Gasteiger partial charge is 0.293 e. The van der Waals surface area contributed by atoms with E-state index in [0.29, 0.717) is 17.3 Å². The van der Waals surface area contributed by atoms with Gasteiger partial charge in [-0.1, -0.05) is 41.4 Å². The standard InChI is InChI=1S/C19H17Cl2F3N6O/c20-13-4-2-1-3-12(13)9-29-10-25-18(28-29)26-14(31)7-8-30-16(11-5-6-11)15(21)17(27-30)19(22,23)24/h1-4,10-11H,5-9H2,(H,26,28,31). The average Bonchev–Trinajstić information content (AvgIpc) is 3.34. The third kappa shape index (κ3) is 5.01. The van der Waals surface area contributed by atoms with E-state index in [0.717, 1.165) is 18.4 Å². The Morgan fingerprint density at radius 1 is 1.19 bits per heavy atom. The van der Waals surface area contributed by atoms with E-state index in [1.807, 2.05) is 18.2 Å². The van der Waals surface area contributed by atoms with Crippen LogP contribution in [0, 0.1) is 0 Å². The van der Waals surface area contributed by atoms with E-state index >= 15 is 0 Å². The predicted octanol–water partition coefficient (Wildman–Crippen LogP) is 4.75. The van der Waals surface area contributed by atoms with Gasteiger partial charge in [-0.25, -0.2) is 9.67 Å². The quantitative estimate of drug-likeness (QED) is 0.537. The minimum atomic E-state index is -4.65. The van der Waals surface area contributed by atoms with Crippen molar-refractivity contribution in [1.82, 2.24) is 24.5 Å². The summed E-state index contributed by atoms with van der Waals surface area (Å²) < 4.78 is 42.1. The van der Waals surface area contributed by atoms with Crippen LogP contribution >= 0.6 is 23.2 Å². The van der Waals surface area contributed by atoms with E-state index in [2.05, 4.69) is 20.5 Å². The van der Waals surface area contributed by atoms with Gasteiger partial charge in [0.2, 0.25) is 11.9 Å². The Balaban J connectivity index is 1.38. The lowest BCUT2D eigenvalue weighted by molar-refractivity contribution is -0.141. The average molecular weight is 473 g/mol. The number of anilines is 1. The van der Waals surface area contributed by atoms with E-state index in [9.17, 15) is 18.0 Å². The Kier molecular flexibility index (Phi) is 5.94. The van der Waals surface area contributed by atoms with Crippen LogP contribution in [0.2, 0.25) is 10.0 Å². The molecule has 1 aromatic carbocycles.